The topological polar surface area (TPSA) is 48.7 Å². The summed E-state index contributed by atoms with van der Waals surface area (Å²) in [6.45, 7) is 3.27. The molecule has 1 aromatic heterocycles. The molecular weight excluding hydrogens is 345 g/mol. The lowest BCUT2D eigenvalue weighted by Crippen LogP contribution is -2.47. The Balaban J connectivity index is 1.82. The largest absolute Gasteiger partial charge is 0.416 e. The minimum absolute atomic E-state index is 0.273. The summed E-state index contributed by atoms with van der Waals surface area (Å²) in [5, 5.41) is 7.54. The van der Waals surface area contributed by atoms with Crippen LogP contribution in [0.4, 0.5) is 30.4 Å². The number of fused-ring (bicyclic) bond motifs is 2. The number of aryl methyl sites for hydroxylation is 1. The highest BCUT2D eigenvalue weighted by molar-refractivity contribution is 6.07. The molecule has 2 aliphatic rings. The first-order valence-corrected chi connectivity index (χ1v) is 8.36. The van der Waals surface area contributed by atoms with E-state index in [0.717, 1.165) is 43.9 Å². The summed E-state index contributed by atoms with van der Waals surface area (Å²) in [5.41, 5.74) is 0.873. The van der Waals surface area contributed by atoms with Crippen molar-refractivity contribution in [2.75, 3.05) is 38.5 Å². The number of nitrogens with one attached hydrogen (secondary N) is 1. The van der Waals surface area contributed by atoms with Crippen LogP contribution >= 0.6 is 0 Å². The van der Waals surface area contributed by atoms with Crippen molar-refractivity contribution in [2.24, 2.45) is 12.0 Å². The molecule has 0 bridgehead atoms. The maximum absolute atomic E-state index is 13.1. The molecule has 0 atom stereocenters. The lowest BCUT2D eigenvalue weighted by atomic mass is 10.1. The van der Waals surface area contributed by atoms with Gasteiger partial charge in [0.1, 0.15) is 5.84 Å². The molecule has 1 saturated heterocycles. The van der Waals surface area contributed by atoms with Crippen LogP contribution in [0.25, 0.3) is 0 Å². The van der Waals surface area contributed by atoms with Crippen molar-refractivity contribution < 1.29 is 13.2 Å². The zero-order chi connectivity index (χ0) is 18.5. The molecule has 26 heavy (non-hydrogen) atoms. The molecule has 0 aliphatic carbocycles. The Morgan fingerprint density at radius 3 is 2.50 bits per heavy atom. The molecule has 2 aromatic rings. The molecule has 0 unspecified atom stereocenters. The zero-order valence-corrected chi connectivity index (χ0v) is 14.5. The molecule has 1 N–H and O–H groups in total. The maximum atomic E-state index is 13.1. The second-order valence-electron chi connectivity index (χ2n) is 6.65. The molecule has 4 rings (SSSR count). The third-order valence-corrected chi connectivity index (χ3v) is 4.68. The number of nitrogens with zero attached hydrogens (tertiary/aromatic N) is 5. The third kappa shape index (κ3) is 3.03. The van der Waals surface area contributed by atoms with Crippen molar-refractivity contribution in [3.8, 4) is 0 Å². The number of likely N-dealkylation sites (N-methyl/N-ethyl adjacent to an activating group) is 1. The van der Waals surface area contributed by atoms with E-state index in [1.54, 1.807) is 4.68 Å². The van der Waals surface area contributed by atoms with Crippen LogP contribution in [0.15, 0.2) is 29.4 Å². The van der Waals surface area contributed by atoms with Crippen molar-refractivity contribution in [1.82, 2.24) is 19.6 Å². The van der Waals surface area contributed by atoms with Gasteiger partial charge in [-0.15, -0.1) is 0 Å². The molecule has 1 fully saturated rings. The van der Waals surface area contributed by atoms with E-state index in [0.29, 0.717) is 17.3 Å². The molecule has 2 aliphatic heterocycles. The maximum Gasteiger partial charge on any atom is 0.416 e. The minimum Gasteiger partial charge on any atom is -0.353 e. The van der Waals surface area contributed by atoms with Gasteiger partial charge >= 0.3 is 6.18 Å². The fourth-order valence-corrected chi connectivity index (χ4v) is 3.21. The van der Waals surface area contributed by atoms with Gasteiger partial charge in [-0.2, -0.15) is 18.3 Å². The van der Waals surface area contributed by atoms with Gasteiger partial charge in [-0.25, -0.2) is 4.99 Å². The Hall–Kier alpha value is -2.55. The summed E-state index contributed by atoms with van der Waals surface area (Å²) < 4.78 is 41.0. The lowest BCUT2D eigenvalue weighted by molar-refractivity contribution is -0.137. The summed E-state index contributed by atoms with van der Waals surface area (Å²) in [7, 11) is 3.86. The van der Waals surface area contributed by atoms with E-state index in [4.69, 9.17) is 0 Å². The van der Waals surface area contributed by atoms with E-state index in [2.05, 4.69) is 25.2 Å². The van der Waals surface area contributed by atoms with Crippen LogP contribution in [0, 0.1) is 0 Å². The fraction of sp³-hybridized carbons (Fsp3) is 0.412. The van der Waals surface area contributed by atoms with E-state index in [1.165, 1.54) is 6.07 Å². The van der Waals surface area contributed by atoms with Gasteiger partial charge in [0.2, 0.25) is 0 Å². The van der Waals surface area contributed by atoms with Crippen LogP contribution in [-0.2, 0) is 13.2 Å². The fourth-order valence-electron chi connectivity index (χ4n) is 3.21. The standard InChI is InChI=1S/C17H19F3N6/c1-24-5-7-26(8-6-24)16-12-10-25(2)23-15(12)21-13-4-3-11(17(18,19)20)9-14(13)22-16/h3-4,9-10H,5-8H2,1-2H3,(H,21,23). The number of hydrogen-bond donors (Lipinski definition) is 1. The Kier molecular flexibility index (Phi) is 3.91. The Labute approximate surface area is 148 Å². The first-order chi connectivity index (χ1) is 12.3. The zero-order valence-electron chi connectivity index (χ0n) is 14.5. The molecule has 1 aromatic carbocycles. The Morgan fingerprint density at radius 1 is 1.08 bits per heavy atom. The highest BCUT2D eigenvalue weighted by Gasteiger charge is 2.32. The van der Waals surface area contributed by atoms with E-state index in [9.17, 15) is 13.2 Å². The van der Waals surface area contributed by atoms with Crippen LogP contribution in [-0.4, -0.2) is 58.6 Å². The minimum atomic E-state index is -4.41. The number of piperazine rings is 1. The Morgan fingerprint density at radius 2 is 1.81 bits per heavy atom. The lowest BCUT2D eigenvalue weighted by Gasteiger charge is -2.34. The first-order valence-electron chi connectivity index (χ1n) is 8.36. The normalized spacial score (nSPS) is 17.9. The molecule has 0 amide bonds. The van der Waals surface area contributed by atoms with Gasteiger partial charge in [0.05, 0.1) is 22.5 Å². The van der Waals surface area contributed by atoms with Gasteiger partial charge in [-0.1, -0.05) is 0 Å². The number of aliphatic imine (C=N–C) groups is 1. The number of alkyl halides is 3. The van der Waals surface area contributed by atoms with Crippen molar-refractivity contribution in [3.05, 3.63) is 35.5 Å². The summed E-state index contributed by atoms with van der Waals surface area (Å²) in [5.74, 6) is 1.26. The number of benzene rings is 1. The highest BCUT2D eigenvalue weighted by atomic mass is 19.4. The van der Waals surface area contributed by atoms with Gasteiger partial charge in [-0.05, 0) is 25.2 Å². The summed E-state index contributed by atoms with van der Waals surface area (Å²) in [6, 6.07) is 3.56. The van der Waals surface area contributed by atoms with E-state index in [1.807, 2.05) is 20.3 Å². The molecule has 138 valence electrons. The number of anilines is 2. The van der Waals surface area contributed by atoms with Crippen LogP contribution in [0.1, 0.15) is 11.1 Å². The van der Waals surface area contributed by atoms with Gasteiger partial charge in [0.25, 0.3) is 0 Å². The molecule has 6 nitrogen and oxygen atoms in total. The van der Waals surface area contributed by atoms with Crippen molar-refractivity contribution in [2.45, 2.75) is 6.18 Å². The number of aromatic nitrogens is 2. The number of halogens is 3. The molecule has 9 heteroatoms. The quantitative estimate of drug-likeness (QED) is 0.781. The number of rotatable bonds is 0. The smallest absolute Gasteiger partial charge is 0.353 e. The van der Waals surface area contributed by atoms with Crippen molar-refractivity contribution >= 4 is 23.0 Å². The van der Waals surface area contributed by atoms with Gasteiger partial charge < -0.3 is 15.1 Å². The second-order valence-corrected chi connectivity index (χ2v) is 6.65. The van der Waals surface area contributed by atoms with Gasteiger partial charge in [-0.3, -0.25) is 4.68 Å². The van der Waals surface area contributed by atoms with Crippen LogP contribution in [0.3, 0.4) is 0 Å². The number of hydrogen-bond acceptors (Lipinski definition) is 5. The summed E-state index contributed by atoms with van der Waals surface area (Å²) >= 11 is 0. The highest BCUT2D eigenvalue weighted by Crippen LogP contribution is 2.39. The molecule has 0 spiro atoms. The SMILES string of the molecule is CN1CCN(C2=Nc3cc(C(F)(F)F)ccc3Nc3nn(C)cc32)CC1. The van der Waals surface area contributed by atoms with Crippen molar-refractivity contribution in [3.63, 3.8) is 0 Å². The van der Waals surface area contributed by atoms with Crippen LogP contribution < -0.4 is 5.32 Å². The van der Waals surface area contributed by atoms with Gasteiger partial charge in [0.15, 0.2) is 5.82 Å². The molecule has 0 saturated carbocycles. The predicted octanol–water partition coefficient (Wildman–Crippen LogP) is 2.82. The van der Waals surface area contributed by atoms with Crippen LogP contribution in [0.2, 0.25) is 0 Å². The third-order valence-electron chi connectivity index (χ3n) is 4.68. The average molecular weight is 364 g/mol. The van der Waals surface area contributed by atoms with E-state index in [-0.39, 0.29) is 5.69 Å². The van der Waals surface area contributed by atoms with Crippen LogP contribution in [0.5, 0.6) is 0 Å². The predicted molar refractivity (Wildman–Crippen MR) is 93.2 cm³/mol. The monoisotopic (exact) mass is 364 g/mol. The number of amidine groups is 1. The molecule has 3 heterocycles. The van der Waals surface area contributed by atoms with E-state index < -0.39 is 11.7 Å². The average Bonchev–Trinajstić information content (AvgIpc) is 2.86. The van der Waals surface area contributed by atoms with Crippen molar-refractivity contribution in [1.29, 1.82) is 0 Å². The molecular formula is C17H19F3N6. The molecule has 0 radical (unpaired) electrons. The van der Waals surface area contributed by atoms with Gasteiger partial charge in [0, 0.05) is 39.4 Å². The Bertz CT molecular complexity index is 862. The summed E-state index contributed by atoms with van der Waals surface area (Å²) in [6.07, 6.45) is -2.56. The van der Waals surface area contributed by atoms with E-state index >= 15 is 0 Å². The first kappa shape index (κ1) is 16.9. The summed E-state index contributed by atoms with van der Waals surface area (Å²) in [4.78, 5) is 8.95. The second kappa shape index (κ2) is 6.01.